The van der Waals surface area contributed by atoms with E-state index >= 15 is 0 Å². The summed E-state index contributed by atoms with van der Waals surface area (Å²) < 4.78 is 1.03. The van der Waals surface area contributed by atoms with Crippen LogP contribution in [-0.4, -0.2) is 11.7 Å². The molecule has 0 atom stereocenters. The standard InChI is InChI=1S/C16H14BrCl2NOS/c1-10-6-12(3-4-13(10)17)20-16(21)9-22-8-11-2-5-14(18)15(19)7-11/h2-7H,8-9H2,1H3,(H,20,21). The fraction of sp³-hybridized carbons (Fsp3) is 0.188. The van der Waals surface area contributed by atoms with Crippen LogP contribution in [0.2, 0.25) is 10.0 Å². The van der Waals surface area contributed by atoms with Crippen molar-refractivity contribution in [1.29, 1.82) is 0 Å². The predicted octanol–water partition coefficient (Wildman–Crippen LogP) is 5.94. The highest BCUT2D eigenvalue weighted by Gasteiger charge is 2.05. The Morgan fingerprint density at radius 2 is 1.95 bits per heavy atom. The van der Waals surface area contributed by atoms with Crippen LogP contribution in [0, 0.1) is 6.92 Å². The van der Waals surface area contributed by atoms with Gasteiger partial charge in [-0.25, -0.2) is 0 Å². The highest BCUT2D eigenvalue weighted by Crippen LogP contribution is 2.25. The van der Waals surface area contributed by atoms with Crippen LogP contribution >= 0.6 is 50.9 Å². The third-order valence-electron chi connectivity index (χ3n) is 2.93. The van der Waals surface area contributed by atoms with Gasteiger partial charge in [0.1, 0.15) is 0 Å². The molecule has 0 unspecified atom stereocenters. The Morgan fingerprint density at radius 3 is 2.64 bits per heavy atom. The quantitative estimate of drug-likeness (QED) is 0.651. The number of nitrogens with one attached hydrogen (secondary N) is 1. The van der Waals surface area contributed by atoms with E-state index in [-0.39, 0.29) is 5.91 Å². The second-order valence-corrected chi connectivity index (χ2v) is 7.41. The van der Waals surface area contributed by atoms with Crippen molar-refractivity contribution in [2.75, 3.05) is 11.1 Å². The Kier molecular flexibility index (Phi) is 6.63. The van der Waals surface area contributed by atoms with E-state index < -0.39 is 0 Å². The van der Waals surface area contributed by atoms with E-state index in [4.69, 9.17) is 23.2 Å². The Balaban J connectivity index is 1.82. The van der Waals surface area contributed by atoms with E-state index in [9.17, 15) is 4.79 Å². The molecular formula is C16H14BrCl2NOS. The molecule has 0 heterocycles. The van der Waals surface area contributed by atoms with Gasteiger partial charge >= 0.3 is 0 Å². The second-order valence-electron chi connectivity index (χ2n) is 4.75. The maximum absolute atomic E-state index is 11.9. The first-order valence-electron chi connectivity index (χ1n) is 6.53. The van der Waals surface area contributed by atoms with Crippen LogP contribution in [0.4, 0.5) is 5.69 Å². The lowest BCUT2D eigenvalue weighted by Gasteiger charge is -2.07. The molecule has 1 amide bonds. The summed E-state index contributed by atoms with van der Waals surface area (Å²) in [5, 5.41) is 3.97. The van der Waals surface area contributed by atoms with Crippen LogP contribution in [0.3, 0.4) is 0 Å². The highest BCUT2D eigenvalue weighted by atomic mass is 79.9. The van der Waals surface area contributed by atoms with Crippen molar-refractivity contribution < 1.29 is 4.79 Å². The fourth-order valence-electron chi connectivity index (χ4n) is 1.81. The number of amides is 1. The van der Waals surface area contributed by atoms with Crippen molar-refractivity contribution in [1.82, 2.24) is 0 Å². The van der Waals surface area contributed by atoms with E-state index in [1.165, 1.54) is 11.8 Å². The number of benzene rings is 2. The summed E-state index contributed by atoms with van der Waals surface area (Å²) in [6, 6.07) is 11.2. The molecule has 6 heteroatoms. The number of aryl methyl sites for hydroxylation is 1. The number of thioether (sulfide) groups is 1. The first-order chi connectivity index (χ1) is 10.5. The SMILES string of the molecule is Cc1cc(NC(=O)CSCc2ccc(Cl)c(Cl)c2)ccc1Br. The van der Waals surface area contributed by atoms with Gasteiger partial charge in [0, 0.05) is 15.9 Å². The molecule has 2 aromatic carbocycles. The molecule has 0 aliphatic rings. The lowest BCUT2D eigenvalue weighted by molar-refractivity contribution is -0.113. The third kappa shape index (κ3) is 5.20. The van der Waals surface area contributed by atoms with Gasteiger partial charge in [0.2, 0.25) is 5.91 Å². The van der Waals surface area contributed by atoms with Gasteiger partial charge in [0.05, 0.1) is 15.8 Å². The van der Waals surface area contributed by atoms with E-state index in [2.05, 4.69) is 21.2 Å². The molecule has 0 fully saturated rings. The van der Waals surface area contributed by atoms with Crippen molar-refractivity contribution in [3.8, 4) is 0 Å². The van der Waals surface area contributed by atoms with Crippen molar-refractivity contribution in [3.05, 3.63) is 62.0 Å². The van der Waals surface area contributed by atoms with Crippen molar-refractivity contribution in [2.24, 2.45) is 0 Å². The minimum atomic E-state index is -0.0215. The van der Waals surface area contributed by atoms with Crippen LogP contribution in [0.25, 0.3) is 0 Å². The van der Waals surface area contributed by atoms with Crippen LogP contribution < -0.4 is 5.32 Å². The predicted molar refractivity (Wildman–Crippen MR) is 100 cm³/mol. The lowest BCUT2D eigenvalue weighted by Crippen LogP contribution is -2.14. The zero-order valence-electron chi connectivity index (χ0n) is 11.8. The van der Waals surface area contributed by atoms with E-state index in [1.807, 2.05) is 37.3 Å². The Bertz CT molecular complexity index is 694. The van der Waals surface area contributed by atoms with Crippen LogP contribution in [-0.2, 0) is 10.5 Å². The van der Waals surface area contributed by atoms with Crippen molar-refractivity contribution in [2.45, 2.75) is 12.7 Å². The van der Waals surface area contributed by atoms with Gasteiger partial charge in [-0.1, -0.05) is 45.2 Å². The van der Waals surface area contributed by atoms with Crippen LogP contribution in [0.15, 0.2) is 40.9 Å². The second kappa shape index (κ2) is 8.25. The summed E-state index contributed by atoms with van der Waals surface area (Å²) in [6.45, 7) is 1.98. The molecule has 1 N–H and O–H groups in total. The monoisotopic (exact) mass is 417 g/mol. The third-order valence-corrected chi connectivity index (χ3v) is 5.56. The zero-order chi connectivity index (χ0) is 16.1. The zero-order valence-corrected chi connectivity index (χ0v) is 15.7. The number of hydrogen-bond donors (Lipinski definition) is 1. The van der Waals surface area contributed by atoms with Crippen LogP contribution in [0.1, 0.15) is 11.1 Å². The number of carbonyl (C=O) groups excluding carboxylic acids is 1. The molecule has 0 aliphatic carbocycles. The Morgan fingerprint density at radius 1 is 1.18 bits per heavy atom. The number of halogens is 3. The topological polar surface area (TPSA) is 29.1 Å². The molecule has 0 radical (unpaired) electrons. The molecule has 2 aromatic rings. The summed E-state index contributed by atoms with van der Waals surface area (Å²) in [7, 11) is 0. The average Bonchev–Trinajstić information content (AvgIpc) is 2.47. The largest absolute Gasteiger partial charge is 0.325 e. The van der Waals surface area contributed by atoms with Gasteiger partial charge in [-0.3, -0.25) is 4.79 Å². The lowest BCUT2D eigenvalue weighted by atomic mass is 10.2. The molecule has 22 heavy (non-hydrogen) atoms. The number of carbonyl (C=O) groups is 1. The first-order valence-corrected chi connectivity index (χ1v) is 9.24. The van der Waals surface area contributed by atoms with Gasteiger partial charge < -0.3 is 5.32 Å². The molecular weight excluding hydrogens is 405 g/mol. The smallest absolute Gasteiger partial charge is 0.234 e. The molecule has 0 aliphatic heterocycles. The van der Waals surface area contributed by atoms with Crippen molar-refractivity contribution in [3.63, 3.8) is 0 Å². The number of hydrogen-bond acceptors (Lipinski definition) is 2. The minimum absolute atomic E-state index is 0.0215. The van der Waals surface area contributed by atoms with Crippen LogP contribution in [0.5, 0.6) is 0 Å². The fourth-order valence-corrected chi connectivity index (χ4v) is 3.15. The minimum Gasteiger partial charge on any atom is -0.325 e. The first kappa shape index (κ1) is 17.7. The summed E-state index contributed by atoms with van der Waals surface area (Å²) in [4.78, 5) is 11.9. The van der Waals surface area contributed by atoms with Gasteiger partial charge in [-0.15, -0.1) is 11.8 Å². The molecule has 2 nitrogen and oxygen atoms in total. The maximum Gasteiger partial charge on any atom is 0.234 e. The number of anilines is 1. The van der Waals surface area contributed by atoms with Gasteiger partial charge in [0.15, 0.2) is 0 Å². The van der Waals surface area contributed by atoms with Gasteiger partial charge in [0.25, 0.3) is 0 Å². The summed E-state index contributed by atoms with van der Waals surface area (Å²) in [5.74, 6) is 1.07. The molecule has 116 valence electrons. The normalized spacial score (nSPS) is 10.5. The molecule has 0 bridgehead atoms. The average molecular weight is 419 g/mol. The van der Waals surface area contributed by atoms with E-state index in [1.54, 1.807) is 6.07 Å². The summed E-state index contributed by atoms with van der Waals surface area (Å²) >= 11 is 16.8. The van der Waals surface area contributed by atoms with Crippen molar-refractivity contribution >= 4 is 62.5 Å². The highest BCUT2D eigenvalue weighted by molar-refractivity contribution is 9.10. The summed E-state index contributed by atoms with van der Waals surface area (Å²) in [6.07, 6.45) is 0. The van der Waals surface area contributed by atoms with E-state index in [0.29, 0.717) is 21.6 Å². The molecule has 2 rings (SSSR count). The Labute approximate surface area is 152 Å². The number of rotatable bonds is 5. The molecule has 0 saturated heterocycles. The van der Waals surface area contributed by atoms with Gasteiger partial charge in [-0.05, 0) is 48.4 Å². The molecule has 0 spiro atoms. The van der Waals surface area contributed by atoms with E-state index in [0.717, 1.165) is 21.3 Å². The maximum atomic E-state index is 11.9. The summed E-state index contributed by atoms with van der Waals surface area (Å²) in [5.41, 5.74) is 2.94. The molecule has 0 aromatic heterocycles. The van der Waals surface area contributed by atoms with Gasteiger partial charge in [-0.2, -0.15) is 0 Å². The Hall–Kier alpha value is -0.680. The molecule has 0 saturated carbocycles.